The Kier molecular flexibility index (Phi) is 8.64. The van der Waals surface area contributed by atoms with Crippen LogP contribution in [0.15, 0.2) is 48.5 Å². The van der Waals surface area contributed by atoms with Crippen molar-refractivity contribution in [3.05, 3.63) is 59.7 Å². The highest BCUT2D eigenvalue weighted by Gasteiger charge is 2.25. The van der Waals surface area contributed by atoms with Gasteiger partial charge >= 0.3 is 0 Å². The number of anilines is 1. The maximum Gasteiger partial charge on any atom is 0.251 e. The van der Waals surface area contributed by atoms with E-state index in [1.54, 1.807) is 24.3 Å². The number of rotatable bonds is 9. The molecule has 0 aromatic heterocycles. The maximum atomic E-state index is 12.9. The molecule has 0 radical (unpaired) electrons. The Morgan fingerprint density at radius 1 is 1.03 bits per heavy atom. The zero-order chi connectivity index (χ0) is 22.9. The fourth-order valence-electron chi connectivity index (χ4n) is 3.56. The van der Waals surface area contributed by atoms with Gasteiger partial charge in [0.1, 0.15) is 11.8 Å². The van der Waals surface area contributed by atoms with Crippen molar-refractivity contribution in [2.24, 2.45) is 5.92 Å². The van der Waals surface area contributed by atoms with E-state index in [9.17, 15) is 9.59 Å². The molecule has 0 spiro atoms. The lowest BCUT2D eigenvalue weighted by Gasteiger charge is -2.26. The first-order valence-corrected chi connectivity index (χ1v) is 11.2. The van der Waals surface area contributed by atoms with Gasteiger partial charge in [-0.05, 0) is 54.8 Å². The maximum absolute atomic E-state index is 12.9. The molecule has 0 aliphatic carbocycles. The summed E-state index contributed by atoms with van der Waals surface area (Å²) in [7, 11) is 0. The van der Waals surface area contributed by atoms with Crippen LogP contribution in [0, 0.1) is 5.92 Å². The molecule has 1 aliphatic rings. The quantitative estimate of drug-likeness (QED) is 0.627. The lowest BCUT2D eigenvalue weighted by atomic mass is 10.0. The Hall–Kier alpha value is -2.90. The van der Waals surface area contributed by atoms with E-state index in [0.29, 0.717) is 23.6 Å². The van der Waals surface area contributed by atoms with E-state index < -0.39 is 6.04 Å². The second-order valence-corrected chi connectivity index (χ2v) is 8.23. The Labute approximate surface area is 190 Å². The number of hydrogen-bond acceptors (Lipinski definition) is 5. The summed E-state index contributed by atoms with van der Waals surface area (Å²) in [5.74, 6) is 0.115. The number of amides is 2. The molecule has 1 heterocycles. The smallest absolute Gasteiger partial charge is 0.251 e. The van der Waals surface area contributed by atoms with Crippen LogP contribution in [0.4, 0.5) is 5.69 Å². The molecule has 2 N–H and O–H groups in total. The van der Waals surface area contributed by atoms with Gasteiger partial charge in [-0.15, -0.1) is 0 Å². The van der Waals surface area contributed by atoms with Gasteiger partial charge in [-0.2, -0.15) is 0 Å². The average Bonchev–Trinajstić information content (AvgIpc) is 2.79. The van der Waals surface area contributed by atoms with Crippen LogP contribution >= 0.6 is 0 Å². The zero-order valence-electron chi connectivity index (χ0n) is 19.1. The van der Waals surface area contributed by atoms with Crippen molar-refractivity contribution in [3.8, 4) is 5.75 Å². The Morgan fingerprint density at radius 2 is 1.69 bits per heavy atom. The highest BCUT2D eigenvalue weighted by atomic mass is 16.5. The summed E-state index contributed by atoms with van der Waals surface area (Å²) in [6.45, 7) is 10.6. The highest BCUT2D eigenvalue weighted by molar-refractivity contribution is 6.01. The molecule has 0 bridgehead atoms. The fraction of sp³-hybridized carbons (Fsp3) is 0.440. The molecule has 0 saturated carbocycles. The second-order valence-electron chi connectivity index (χ2n) is 8.23. The predicted octanol–water partition coefficient (Wildman–Crippen LogP) is 3.31. The minimum absolute atomic E-state index is 0.0674. The minimum Gasteiger partial charge on any atom is -0.494 e. The third-order valence-corrected chi connectivity index (χ3v) is 5.39. The Balaban J connectivity index is 1.57. The Bertz CT molecular complexity index is 875. The van der Waals surface area contributed by atoms with E-state index in [1.165, 1.54) is 5.56 Å². The van der Waals surface area contributed by atoms with Crippen LogP contribution in [0.3, 0.4) is 0 Å². The first-order chi connectivity index (χ1) is 15.5. The van der Waals surface area contributed by atoms with Crippen molar-refractivity contribution in [1.82, 2.24) is 10.2 Å². The number of ether oxygens (including phenoxy) is 2. The SMILES string of the molecule is CCOc1ccc(C(=O)NC(C(=O)Nc2ccc(CN3CCOCC3)cc2)C(C)C)cc1. The van der Waals surface area contributed by atoms with Gasteiger partial charge in [0.15, 0.2) is 0 Å². The molecule has 1 saturated heterocycles. The summed E-state index contributed by atoms with van der Waals surface area (Å²) < 4.78 is 10.8. The van der Waals surface area contributed by atoms with E-state index in [-0.39, 0.29) is 17.7 Å². The predicted molar refractivity (Wildman–Crippen MR) is 125 cm³/mol. The Morgan fingerprint density at radius 3 is 2.28 bits per heavy atom. The summed E-state index contributed by atoms with van der Waals surface area (Å²) in [6, 6.07) is 14.1. The zero-order valence-corrected chi connectivity index (χ0v) is 19.1. The molecule has 2 aromatic carbocycles. The lowest BCUT2D eigenvalue weighted by molar-refractivity contribution is -0.118. The van der Waals surface area contributed by atoms with E-state index in [0.717, 1.165) is 32.8 Å². The van der Waals surface area contributed by atoms with Crippen LogP contribution in [-0.2, 0) is 16.1 Å². The van der Waals surface area contributed by atoms with Gasteiger partial charge in [0.05, 0.1) is 19.8 Å². The van der Waals surface area contributed by atoms with Crippen molar-refractivity contribution in [2.75, 3.05) is 38.2 Å². The van der Waals surface area contributed by atoms with Crippen molar-refractivity contribution < 1.29 is 19.1 Å². The molecular weight excluding hydrogens is 406 g/mol. The third kappa shape index (κ3) is 6.80. The van der Waals surface area contributed by atoms with Crippen LogP contribution < -0.4 is 15.4 Å². The van der Waals surface area contributed by atoms with Gasteiger partial charge in [0.25, 0.3) is 5.91 Å². The number of benzene rings is 2. The number of carbonyl (C=O) groups excluding carboxylic acids is 2. The molecule has 2 aromatic rings. The largest absolute Gasteiger partial charge is 0.494 e. The average molecular weight is 440 g/mol. The topological polar surface area (TPSA) is 79.9 Å². The third-order valence-electron chi connectivity index (χ3n) is 5.39. The van der Waals surface area contributed by atoms with Crippen molar-refractivity contribution in [3.63, 3.8) is 0 Å². The monoisotopic (exact) mass is 439 g/mol. The highest BCUT2D eigenvalue weighted by Crippen LogP contribution is 2.15. The molecule has 2 amide bonds. The molecular formula is C25H33N3O4. The standard InChI is InChI=1S/C25H33N3O4/c1-4-32-22-11-7-20(8-12-22)24(29)27-23(18(2)3)25(30)26-21-9-5-19(6-10-21)17-28-13-15-31-16-14-28/h5-12,18,23H,4,13-17H2,1-3H3,(H,26,30)(H,27,29). The molecule has 7 nitrogen and oxygen atoms in total. The van der Waals surface area contributed by atoms with Crippen LogP contribution in [0.25, 0.3) is 0 Å². The van der Waals surface area contributed by atoms with Crippen molar-refractivity contribution in [2.45, 2.75) is 33.4 Å². The lowest BCUT2D eigenvalue weighted by Crippen LogP contribution is -2.47. The fourth-order valence-corrected chi connectivity index (χ4v) is 3.56. The molecule has 7 heteroatoms. The first kappa shape index (κ1) is 23.8. The molecule has 1 aliphatic heterocycles. The number of carbonyl (C=O) groups is 2. The first-order valence-electron chi connectivity index (χ1n) is 11.2. The normalized spacial score (nSPS) is 15.2. The molecule has 32 heavy (non-hydrogen) atoms. The van der Waals surface area contributed by atoms with E-state index >= 15 is 0 Å². The van der Waals surface area contributed by atoms with E-state index in [2.05, 4.69) is 15.5 Å². The molecule has 3 rings (SSSR count). The van der Waals surface area contributed by atoms with E-state index in [1.807, 2.05) is 45.0 Å². The van der Waals surface area contributed by atoms with Gasteiger partial charge in [-0.25, -0.2) is 0 Å². The van der Waals surface area contributed by atoms with Crippen LogP contribution in [0.2, 0.25) is 0 Å². The van der Waals surface area contributed by atoms with Gasteiger partial charge in [0.2, 0.25) is 5.91 Å². The molecule has 1 unspecified atom stereocenters. The number of hydrogen-bond donors (Lipinski definition) is 2. The van der Waals surface area contributed by atoms with Gasteiger partial charge in [-0.1, -0.05) is 26.0 Å². The summed E-state index contributed by atoms with van der Waals surface area (Å²) in [5, 5.41) is 5.79. The molecule has 172 valence electrons. The molecule has 1 fully saturated rings. The summed E-state index contributed by atoms with van der Waals surface area (Å²) in [5.41, 5.74) is 2.38. The van der Waals surface area contributed by atoms with Crippen LogP contribution in [-0.4, -0.2) is 55.7 Å². The van der Waals surface area contributed by atoms with Crippen LogP contribution in [0.1, 0.15) is 36.7 Å². The summed E-state index contributed by atoms with van der Waals surface area (Å²) in [6.07, 6.45) is 0. The van der Waals surface area contributed by atoms with Gasteiger partial charge in [-0.3, -0.25) is 14.5 Å². The molecule has 1 atom stereocenters. The van der Waals surface area contributed by atoms with Gasteiger partial charge < -0.3 is 20.1 Å². The van der Waals surface area contributed by atoms with E-state index in [4.69, 9.17) is 9.47 Å². The van der Waals surface area contributed by atoms with Gasteiger partial charge in [0, 0.05) is 30.9 Å². The second kappa shape index (κ2) is 11.6. The number of nitrogens with zero attached hydrogens (tertiary/aromatic N) is 1. The summed E-state index contributed by atoms with van der Waals surface area (Å²) >= 11 is 0. The number of nitrogens with one attached hydrogen (secondary N) is 2. The van der Waals surface area contributed by atoms with Crippen molar-refractivity contribution in [1.29, 1.82) is 0 Å². The number of morpholine rings is 1. The van der Waals surface area contributed by atoms with Crippen molar-refractivity contribution >= 4 is 17.5 Å². The minimum atomic E-state index is -0.651. The van der Waals surface area contributed by atoms with Crippen LogP contribution in [0.5, 0.6) is 5.75 Å². The summed E-state index contributed by atoms with van der Waals surface area (Å²) in [4.78, 5) is 27.9.